The zero-order valence-corrected chi connectivity index (χ0v) is 11.5. The summed E-state index contributed by atoms with van der Waals surface area (Å²) in [6.45, 7) is 0. The molecule has 0 aliphatic heterocycles. The number of nitrogens with zero attached hydrogens (tertiary/aromatic N) is 4. The van der Waals surface area contributed by atoms with Crippen LogP contribution in [0.2, 0.25) is 0 Å². The summed E-state index contributed by atoms with van der Waals surface area (Å²) >= 11 is 0. The van der Waals surface area contributed by atoms with Crippen LogP contribution in [0, 0.1) is 0 Å². The molecule has 0 fully saturated rings. The van der Waals surface area contributed by atoms with Gasteiger partial charge in [-0.05, 0) is 17.3 Å². The summed E-state index contributed by atoms with van der Waals surface area (Å²) in [5.41, 5.74) is 0.356. The summed E-state index contributed by atoms with van der Waals surface area (Å²) in [4.78, 5) is 3.77. The van der Waals surface area contributed by atoms with E-state index in [1.54, 1.807) is 0 Å². The highest BCUT2D eigenvalue weighted by atomic mass is 35.5. The predicted octanol–water partition coefficient (Wildman–Crippen LogP) is -2.03. The third kappa shape index (κ3) is 3.95. The van der Waals surface area contributed by atoms with Crippen molar-refractivity contribution >= 4 is 29.5 Å². The third-order valence-electron chi connectivity index (χ3n) is 2.08. The van der Waals surface area contributed by atoms with E-state index in [-0.39, 0.29) is 23.1 Å². The van der Waals surface area contributed by atoms with Gasteiger partial charge < -0.3 is 10.0 Å². The summed E-state index contributed by atoms with van der Waals surface area (Å²) in [6, 6.07) is 2.71. The van der Waals surface area contributed by atoms with E-state index in [0.717, 1.165) is 6.20 Å². The zero-order valence-electron chi connectivity index (χ0n) is 9.83. The van der Waals surface area contributed by atoms with Gasteiger partial charge >= 0.3 is 7.12 Å². The van der Waals surface area contributed by atoms with Gasteiger partial charge in [-0.1, -0.05) is 0 Å². The van der Waals surface area contributed by atoms with E-state index in [1.165, 1.54) is 12.1 Å². The van der Waals surface area contributed by atoms with Crippen molar-refractivity contribution in [3.8, 4) is 11.5 Å². The van der Waals surface area contributed by atoms with E-state index in [2.05, 4.69) is 25.6 Å². The number of hydrogen-bond donors (Lipinski definition) is 4. The van der Waals surface area contributed by atoms with Gasteiger partial charge in [-0.25, -0.2) is 13.1 Å². The first kappa shape index (κ1) is 16.5. The van der Waals surface area contributed by atoms with Crippen molar-refractivity contribution in [1.82, 2.24) is 30.3 Å². The molecule has 0 amide bonds. The van der Waals surface area contributed by atoms with Crippen LogP contribution in [0.25, 0.3) is 11.5 Å². The van der Waals surface area contributed by atoms with Gasteiger partial charge in [-0.2, -0.15) is 5.21 Å². The minimum atomic E-state index is -3.84. The number of tetrazole rings is 1. The Morgan fingerprint density at radius 2 is 2.10 bits per heavy atom. The van der Waals surface area contributed by atoms with Gasteiger partial charge in [0.05, 0.1) is 0 Å². The topological polar surface area (TPSA) is 154 Å². The number of sulfonamides is 1. The zero-order chi connectivity index (χ0) is 13.9. The number of aromatic amines is 1. The van der Waals surface area contributed by atoms with Crippen molar-refractivity contribution in [2.45, 2.75) is 4.90 Å². The fourth-order valence-corrected chi connectivity index (χ4v) is 2.18. The Bertz CT molecular complexity index is 634. The first-order chi connectivity index (χ1) is 8.99. The van der Waals surface area contributed by atoms with Gasteiger partial charge in [0.15, 0.2) is 0 Å². The highest BCUT2D eigenvalue weighted by Crippen LogP contribution is 2.13. The molecule has 0 saturated heterocycles. The summed E-state index contributed by atoms with van der Waals surface area (Å²) in [5, 5.41) is 30.2. The minimum Gasteiger partial charge on any atom is -0.426 e. The SMILES string of the molecule is Cl.O=S(=O)(NCB(O)O)c1ccc(-c2nn[nH]n2)nc1. The van der Waals surface area contributed by atoms with Gasteiger partial charge in [0.2, 0.25) is 15.8 Å². The Hall–Kier alpha value is -1.60. The van der Waals surface area contributed by atoms with Crippen LogP contribution in [0.15, 0.2) is 23.2 Å². The average molecular weight is 321 g/mol. The highest BCUT2D eigenvalue weighted by Gasteiger charge is 2.18. The molecule has 0 spiro atoms. The van der Waals surface area contributed by atoms with E-state index in [4.69, 9.17) is 10.0 Å². The van der Waals surface area contributed by atoms with Crippen molar-refractivity contribution in [1.29, 1.82) is 0 Å². The van der Waals surface area contributed by atoms with Crippen LogP contribution in [0.3, 0.4) is 0 Å². The molecule has 0 unspecified atom stereocenters. The minimum absolute atomic E-state index is 0. The van der Waals surface area contributed by atoms with Crippen LogP contribution >= 0.6 is 12.4 Å². The molecule has 13 heteroatoms. The van der Waals surface area contributed by atoms with Crippen molar-refractivity contribution in [2.75, 3.05) is 6.44 Å². The van der Waals surface area contributed by atoms with Crippen molar-refractivity contribution in [3.05, 3.63) is 18.3 Å². The molecular weight excluding hydrogens is 310 g/mol. The predicted molar refractivity (Wildman–Crippen MR) is 70.0 cm³/mol. The van der Waals surface area contributed by atoms with Crippen LogP contribution in [0.4, 0.5) is 0 Å². The number of H-pyrrole nitrogens is 1. The molecule has 2 rings (SSSR count). The number of nitrogens with one attached hydrogen (secondary N) is 2. The van der Waals surface area contributed by atoms with Gasteiger partial charge in [0.25, 0.3) is 0 Å². The summed E-state index contributed by atoms with van der Waals surface area (Å²) in [7, 11) is -5.60. The standard InChI is InChI=1S/C7H9BN6O4S.ClH/c15-8(16)4-10-19(17,18)5-1-2-6(9-3-5)7-11-13-14-12-7;/h1-3,10,15-16H,4H2,(H,11,12,13,14);1H. The fraction of sp³-hybridized carbons (Fsp3) is 0.143. The molecule has 0 radical (unpaired) electrons. The maximum atomic E-state index is 11.7. The third-order valence-corrected chi connectivity index (χ3v) is 3.49. The Morgan fingerprint density at radius 3 is 2.60 bits per heavy atom. The number of pyridine rings is 1. The first-order valence-corrected chi connectivity index (χ1v) is 6.53. The average Bonchev–Trinajstić information content (AvgIpc) is 2.91. The van der Waals surface area contributed by atoms with Gasteiger partial charge in [-0.3, -0.25) is 4.98 Å². The molecule has 2 aromatic rings. The number of hydrogen-bond acceptors (Lipinski definition) is 8. The smallest absolute Gasteiger partial charge is 0.426 e. The van der Waals surface area contributed by atoms with Crippen molar-refractivity contribution in [2.24, 2.45) is 0 Å². The molecule has 0 atom stereocenters. The number of aromatic nitrogens is 5. The molecule has 10 nitrogen and oxygen atoms in total. The van der Waals surface area contributed by atoms with Gasteiger partial charge in [0.1, 0.15) is 10.6 Å². The van der Waals surface area contributed by atoms with E-state index in [1.807, 2.05) is 4.72 Å². The monoisotopic (exact) mass is 320 g/mol. The van der Waals surface area contributed by atoms with Crippen LogP contribution in [-0.4, -0.2) is 57.6 Å². The van der Waals surface area contributed by atoms with E-state index < -0.39 is 23.6 Å². The lowest BCUT2D eigenvalue weighted by Crippen LogP contribution is -2.35. The highest BCUT2D eigenvalue weighted by molar-refractivity contribution is 7.89. The van der Waals surface area contributed by atoms with Crippen molar-refractivity contribution < 1.29 is 18.5 Å². The number of halogens is 1. The van der Waals surface area contributed by atoms with E-state index >= 15 is 0 Å². The van der Waals surface area contributed by atoms with E-state index in [0.29, 0.717) is 5.69 Å². The second kappa shape index (κ2) is 6.72. The molecular formula is C7H10BClN6O4S. The Kier molecular flexibility index (Phi) is 5.53. The molecule has 2 heterocycles. The lowest BCUT2D eigenvalue weighted by molar-refractivity contribution is 0.404. The maximum absolute atomic E-state index is 11.7. The second-order valence-corrected chi connectivity index (χ2v) is 5.21. The summed E-state index contributed by atoms with van der Waals surface area (Å²) in [5.74, 6) is 0.239. The molecule has 0 aromatic carbocycles. The first-order valence-electron chi connectivity index (χ1n) is 5.05. The summed E-state index contributed by atoms with van der Waals surface area (Å²) < 4.78 is 25.4. The van der Waals surface area contributed by atoms with Crippen LogP contribution in [0.5, 0.6) is 0 Å². The second-order valence-electron chi connectivity index (χ2n) is 3.45. The quantitative estimate of drug-likeness (QED) is 0.460. The summed E-state index contributed by atoms with van der Waals surface area (Å²) in [6.07, 6.45) is 0.604. The molecule has 2 aromatic heterocycles. The Balaban J connectivity index is 0.00000200. The van der Waals surface area contributed by atoms with Gasteiger partial charge in [-0.15, -0.1) is 22.6 Å². The molecule has 0 aliphatic rings. The largest absolute Gasteiger partial charge is 0.467 e. The Labute approximate surface area is 120 Å². The van der Waals surface area contributed by atoms with Gasteiger partial charge in [0, 0.05) is 12.6 Å². The van der Waals surface area contributed by atoms with Crippen molar-refractivity contribution in [3.63, 3.8) is 0 Å². The molecule has 0 saturated carbocycles. The fourth-order valence-electron chi connectivity index (χ4n) is 1.21. The lowest BCUT2D eigenvalue weighted by Gasteiger charge is -2.05. The lowest BCUT2D eigenvalue weighted by atomic mass is 9.94. The van der Waals surface area contributed by atoms with E-state index in [9.17, 15) is 8.42 Å². The molecule has 0 bridgehead atoms. The molecule has 108 valence electrons. The molecule has 4 N–H and O–H groups in total. The van der Waals surface area contributed by atoms with Crippen LogP contribution in [0.1, 0.15) is 0 Å². The van der Waals surface area contributed by atoms with Crippen LogP contribution < -0.4 is 4.72 Å². The Morgan fingerprint density at radius 1 is 1.35 bits per heavy atom. The molecule has 0 aliphatic carbocycles. The molecule has 20 heavy (non-hydrogen) atoms. The normalized spacial score (nSPS) is 10.9. The maximum Gasteiger partial charge on any atom is 0.467 e. The van der Waals surface area contributed by atoms with Crippen LogP contribution in [-0.2, 0) is 10.0 Å². The number of rotatable bonds is 5.